The van der Waals surface area contributed by atoms with E-state index in [1.807, 2.05) is 19.1 Å². The van der Waals surface area contributed by atoms with Crippen molar-refractivity contribution in [1.82, 2.24) is 15.3 Å². The molecule has 24 heavy (non-hydrogen) atoms. The maximum Gasteiger partial charge on any atom is 0.272 e. The summed E-state index contributed by atoms with van der Waals surface area (Å²) in [6.07, 6.45) is 2.68. The van der Waals surface area contributed by atoms with Gasteiger partial charge in [-0.05, 0) is 23.5 Å². The van der Waals surface area contributed by atoms with E-state index in [0.717, 1.165) is 5.56 Å². The van der Waals surface area contributed by atoms with E-state index in [4.69, 9.17) is 5.73 Å². The summed E-state index contributed by atoms with van der Waals surface area (Å²) in [4.78, 5) is 31.4. The number of nitrogens with zero attached hydrogens (tertiary/aromatic N) is 2. The molecular formula is C18H22N4O2. The summed E-state index contributed by atoms with van der Waals surface area (Å²) >= 11 is 0. The molecule has 6 nitrogen and oxygen atoms in total. The topological polar surface area (TPSA) is 98.0 Å². The molecule has 0 aliphatic carbocycles. The molecule has 3 N–H and O–H groups in total. The van der Waals surface area contributed by atoms with E-state index in [2.05, 4.69) is 48.2 Å². The molecule has 6 heteroatoms. The van der Waals surface area contributed by atoms with Crippen molar-refractivity contribution in [2.75, 3.05) is 0 Å². The minimum Gasteiger partial charge on any atom is -0.364 e. The van der Waals surface area contributed by atoms with Crippen molar-refractivity contribution < 1.29 is 9.59 Å². The molecule has 1 atom stereocenters. The van der Waals surface area contributed by atoms with Gasteiger partial charge in [-0.1, -0.05) is 45.0 Å². The molecule has 1 aromatic heterocycles. The van der Waals surface area contributed by atoms with Crippen LogP contribution < -0.4 is 11.1 Å². The number of nitrogens with two attached hydrogens (primary N) is 1. The van der Waals surface area contributed by atoms with Gasteiger partial charge in [-0.25, -0.2) is 9.97 Å². The molecule has 0 aliphatic rings. The Labute approximate surface area is 141 Å². The molecule has 0 saturated heterocycles. The first kappa shape index (κ1) is 17.6. The number of amides is 2. The quantitative estimate of drug-likeness (QED) is 0.901. The highest BCUT2D eigenvalue weighted by molar-refractivity contribution is 6.04. The number of carbonyl (C=O) groups excluding carboxylic acids is 2. The van der Waals surface area contributed by atoms with Crippen molar-refractivity contribution in [3.63, 3.8) is 0 Å². The van der Waals surface area contributed by atoms with Gasteiger partial charge >= 0.3 is 0 Å². The molecule has 0 bridgehead atoms. The lowest BCUT2D eigenvalue weighted by Crippen LogP contribution is -2.30. The second-order valence-electron chi connectivity index (χ2n) is 6.68. The normalized spacial score (nSPS) is 12.5. The molecule has 1 aromatic carbocycles. The summed E-state index contributed by atoms with van der Waals surface area (Å²) in [7, 11) is 0. The fourth-order valence-electron chi connectivity index (χ4n) is 2.30. The van der Waals surface area contributed by atoms with Crippen LogP contribution in [0.5, 0.6) is 0 Å². The second-order valence-corrected chi connectivity index (χ2v) is 6.68. The number of hydrogen-bond acceptors (Lipinski definition) is 4. The van der Waals surface area contributed by atoms with Crippen molar-refractivity contribution >= 4 is 11.8 Å². The van der Waals surface area contributed by atoms with Crippen LogP contribution in [0.15, 0.2) is 36.7 Å². The molecule has 126 valence electrons. The molecule has 0 aliphatic heterocycles. The van der Waals surface area contributed by atoms with Crippen LogP contribution in [-0.2, 0) is 5.41 Å². The number of hydrogen-bond donors (Lipinski definition) is 2. The van der Waals surface area contributed by atoms with Gasteiger partial charge in [0.25, 0.3) is 11.8 Å². The van der Waals surface area contributed by atoms with Crippen molar-refractivity contribution in [2.45, 2.75) is 39.2 Å². The Hall–Kier alpha value is -2.76. The predicted molar refractivity (Wildman–Crippen MR) is 91.6 cm³/mol. The summed E-state index contributed by atoms with van der Waals surface area (Å²) in [6, 6.07) is 7.83. The highest BCUT2D eigenvalue weighted by Gasteiger charge is 2.20. The van der Waals surface area contributed by atoms with Crippen molar-refractivity contribution in [2.24, 2.45) is 5.73 Å². The summed E-state index contributed by atoms with van der Waals surface area (Å²) < 4.78 is 0. The largest absolute Gasteiger partial charge is 0.364 e. The third-order valence-electron chi connectivity index (χ3n) is 3.77. The lowest BCUT2D eigenvalue weighted by molar-refractivity contribution is 0.0917. The molecule has 2 rings (SSSR count). The predicted octanol–water partition coefficient (Wildman–Crippen LogP) is 2.36. The molecule has 1 heterocycles. The third-order valence-corrected chi connectivity index (χ3v) is 3.77. The Bertz CT molecular complexity index is 748. The smallest absolute Gasteiger partial charge is 0.272 e. The van der Waals surface area contributed by atoms with Gasteiger partial charge in [0, 0.05) is 12.4 Å². The standard InChI is InChI=1S/C18H22N4O2/c1-11(12-5-7-13(8-6-12)18(2,3)4)22-17(24)15-14(16(19)23)20-9-10-21-15/h5-11H,1-4H3,(H2,19,23)(H,22,24)/t11-/m0/s1. The molecule has 0 radical (unpaired) electrons. The number of benzene rings is 1. The molecule has 0 fully saturated rings. The van der Waals surface area contributed by atoms with E-state index in [1.54, 1.807) is 0 Å². The highest BCUT2D eigenvalue weighted by atomic mass is 16.2. The minimum absolute atomic E-state index is 0.0665. The molecule has 0 unspecified atom stereocenters. The van der Waals surface area contributed by atoms with Crippen LogP contribution in [0.2, 0.25) is 0 Å². The van der Waals surface area contributed by atoms with E-state index in [1.165, 1.54) is 18.0 Å². The zero-order chi connectivity index (χ0) is 17.9. The first-order valence-electron chi connectivity index (χ1n) is 7.72. The molecule has 0 spiro atoms. The average Bonchev–Trinajstić information content (AvgIpc) is 2.54. The summed E-state index contributed by atoms with van der Waals surface area (Å²) in [5.41, 5.74) is 7.28. The van der Waals surface area contributed by atoms with Gasteiger partial charge in [0.1, 0.15) is 0 Å². The van der Waals surface area contributed by atoms with Crippen LogP contribution in [0, 0.1) is 0 Å². The monoisotopic (exact) mass is 326 g/mol. The Balaban J connectivity index is 2.16. The maximum atomic E-state index is 12.4. The molecule has 0 saturated carbocycles. The van der Waals surface area contributed by atoms with Gasteiger partial charge in [0.15, 0.2) is 11.4 Å². The SMILES string of the molecule is C[C@H](NC(=O)c1nccnc1C(N)=O)c1ccc(C(C)(C)C)cc1. The minimum atomic E-state index is -0.782. The second kappa shape index (κ2) is 6.78. The van der Waals surface area contributed by atoms with Gasteiger partial charge in [-0.15, -0.1) is 0 Å². The van der Waals surface area contributed by atoms with Crippen molar-refractivity contribution in [3.05, 3.63) is 59.2 Å². The van der Waals surface area contributed by atoms with Crippen LogP contribution in [-0.4, -0.2) is 21.8 Å². The number of carbonyl (C=O) groups is 2. The zero-order valence-corrected chi connectivity index (χ0v) is 14.3. The number of aromatic nitrogens is 2. The summed E-state index contributed by atoms with van der Waals surface area (Å²) in [5, 5.41) is 2.82. The summed E-state index contributed by atoms with van der Waals surface area (Å²) in [5.74, 6) is -1.26. The Morgan fingerprint density at radius 3 is 2.08 bits per heavy atom. The zero-order valence-electron chi connectivity index (χ0n) is 14.3. The van der Waals surface area contributed by atoms with Gasteiger partial charge < -0.3 is 11.1 Å². The fraction of sp³-hybridized carbons (Fsp3) is 0.333. The fourth-order valence-corrected chi connectivity index (χ4v) is 2.30. The molecule has 2 aromatic rings. The van der Waals surface area contributed by atoms with Gasteiger partial charge in [0.05, 0.1) is 6.04 Å². The lowest BCUT2D eigenvalue weighted by Gasteiger charge is -2.20. The van der Waals surface area contributed by atoms with Crippen LogP contribution in [0.1, 0.15) is 65.8 Å². The highest BCUT2D eigenvalue weighted by Crippen LogP contribution is 2.24. The number of nitrogens with one attached hydrogen (secondary N) is 1. The first-order valence-corrected chi connectivity index (χ1v) is 7.72. The van der Waals surface area contributed by atoms with Gasteiger partial charge in [-0.3, -0.25) is 9.59 Å². The van der Waals surface area contributed by atoms with Gasteiger partial charge in [-0.2, -0.15) is 0 Å². The van der Waals surface area contributed by atoms with Crippen molar-refractivity contribution in [3.8, 4) is 0 Å². The van der Waals surface area contributed by atoms with E-state index in [0.29, 0.717) is 0 Å². The van der Waals surface area contributed by atoms with Crippen molar-refractivity contribution in [1.29, 1.82) is 0 Å². The van der Waals surface area contributed by atoms with E-state index >= 15 is 0 Å². The van der Waals surface area contributed by atoms with E-state index in [-0.39, 0.29) is 22.8 Å². The molecular weight excluding hydrogens is 304 g/mol. The third kappa shape index (κ3) is 3.95. The van der Waals surface area contributed by atoms with Crippen LogP contribution in [0.4, 0.5) is 0 Å². The Morgan fingerprint density at radius 2 is 1.58 bits per heavy atom. The first-order chi connectivity index (χ1) is 11.2. The summed E-state index contributed by atoms with van der Waals surface area (Å²) in [6.45, 7) is 8.30. The van der Waals surface area contributed by atoms with Crippen LogP contribution in [0.25, 0.3) is 0 Å². The molecule has 2 amide bonds. The average molecular weight is 326 g/mol. The Morgan fingerprint density at radius 1 is 1.04 bits per heavy atom. The Kier molecular flexibility index (Phi) is 4.97. The van der Waals surface area contributed by atoms with E-state index in [9.17, 15) is 9.59 Å². The lowest BCUT2D eigenvalue weighted by atomic mass is 9.86. The van der Waals surface area contributed by atoms with E-state index < -0.39 is 11.8 Å². The van der Waals surface area contributed by atoms with Crippen LogP contribution in [0.3, 0.4) is 0 Å². The maximum absolute atomic E-state index is 12.4. The number of primary amides is 1. The number of rotatable bonds is 4. The van der Waals surface area contributed by atoms with Crippen LogP contribution >= 0.6 is 0 Å². The van der Waals surface area contributed by atoms with Gasteiger partial charge in [0.2, 0.25) is 0 Å².